The van der Waals surface area contributed by atoms with Crippen molar-refractivity contribution < 1.29 is 14.0 Å². The highest BCUT2D eigenvalue weighted by Crippen LogP contribution is 2.09. The van der Waals surface area contributed by atoms with E-state index in [9.17, 15) is 9.59 Å². The van der Waals surface area contributed by atoms with Crippen LogP contribution in [0, 0.1) is 0 Å². The molecule has 88 valence electrons. The Kier molecular flexibility index (Phi) is 3.51. The molecule has 0 aromatic carbocycles. The molecule has 0 aliphatic rings. The molecule has 0 atom stereocenters. The molecule has 0 saturated carbocycles. The zero-order chi connectivity index (χ0) is 12.1. The van der Waals surface area contributed by atoms with E-state index in [1.54, 1.807) is 11.6 Å². The van der Waals surface area contributed by atoms with Crippen LogP contribution in [0.4, 0.5) is 5.13 Å². The Balaban J connectivity index is 1.79. The number of anilines is 1. The van der Waals surface area contributed by atoms with Crippen molar-refractivity contribution >= 4 is 28.3 Å². The molecular formula is C10H9N3O3S. The molecule has 0 aliphatic carbocycles. The zero-order valence-electron chi connectivity index (χ0n) is 8.67. The third-order valence-corrected chi connectivity index (χ3v) is 2.56. The number of rotatable bonds is 4. The van der Waals surface area contributed by atoms with Crippen LogP contribution in [-0.2, 0) is 4.79 Å². The molecule has 0 radical (unpaired) electrons. The van der Waals surface area contributed by atoms with Gasteiger partial charge in [-0.1, -0.05) is 0 Å². The van der Waals surface area contributed by atoms with E-state index < -0.39 is 0 Å². The fourth-order valence-corrected chi connectivity index (χ4v) is 1.65. The average molecular weight is 251 g/mol. The number of hydrogen-bond donors (Lipinski definition) is 2. The van der Waals surface area contributed by atoms with Gasteiger partial charge < -0.3 is 15.1 Å². The second-order valence-electron chi connectivity index (χ2n) is 3.08. The van der Waals surface area contributed by atoms with Crippen LogP contribution in [-0.4, -0.2) is 23.3 Å². The summed E-state index contributed by atoms with van der Waals surface area (Å²) in [5, 5.41) is 7.27. The van der Waals surface area contributed by atoms with E-state index >= 15 is 0 Å². The van der Waals surface area contributed by atoms with Gasteiger partial charge in [0.15, 0.2) is 5.13 Å². The van der Waals surface area contributed by atoms with E-state index in [0.717, 1.165) is 0 Å². The van der Waals surface area contributed by atoms with Gasteiger partial charge in [0.25, 0.3) is 5.91 Å². The molecule has 0 spiro atoms. The molecule has 17 heavy (non-hydrogen) atoms. The lowest BCUT2D eigenvalue weighted by Gasteiger charge is -2.03. The van der Waals surface area contributed by atoms with Crippen LogP contribution in [0.2, 0.25) is 0 Å². The Bertz CT molecular complexity index is 493. The number of nitrogens with zero attached hydrogens (tertiary/aromatic N) is 1. The van der Waals surface area contributed by atoms with Gasteiger partial charge in [-0.15, -0.1) is 11.3 Å². The van der Waals surface area contributed by atoms with E-state index in [0.29, 0.717) is 10.7 Å². The number of carbonyl (C=O) groups is 2. The SMILES string of the molecule is O=C(CNC(=O)c1ccoc1)Nc1nccs1. The molecule has 2 aromatic heterocycles. The molecule has 2 N–H and O–H groups in total. The van der Waals surface area contributed by atoms with Gasteiger partial charge in [-0.3, -0.25) is 9.59 Å². The highest BCUT2D eigenvalue weighted by molar-refractivity contribution is 7.13. The van der Waals surface area contributed by atoms with Crippen molar-refractivity contribution in [2.24, 2.45) is 0 Å². The van der Waals surface area contributed by atoms with Crippen LogP contribution in [0.15, 0.2) is 34.6 Å². The van der Waals surface area contributed by atoms with Crippen LogP contribution in [0.1, 0.15) is 10.4 Å². The van der Waals surface area contributed by atoms with Crippen LogP contribution < -0.4 is 10.6 Å². The first kappa shape index (κ1) is 11.3. The fourth-order valence-electron chi connectivity index (χ4n) is 1.10. The van der Waals surface area contributed by atoms with Crippen LogP contribution in [0.5, 0.6) is 0 Å². The van der Waals surface area contributed by atoms with Crippen molar-refractivity contribution in [3.05, 3.63) is 35.7 Å². The quantitative estimate of drug-likeness (QED) is 0.852. The number of aromatic nitrogens is 1. The Labute approximate surface area is 101 Å². The van der Waals surface area contributed by atoms with Gasteiger partial charge in [0, 0.05) is 11.6 Å². The second-order valence-corrected chi connectivity index (χ2v) is 3.97. The van der Waals surface area contributed by atoms with E-state index in [2.05, 4.69) is 15.6 Å². The van der Waals surface area contributed by atoms with Gasteiger partial charge in [-0.2, -0.15) is 0 Å². The molecule has 2 heterocycles. The van der Waals surface area contributed by atoms with Crippen molar-refractivity contribution in [2.75, 3.05) is 11.9 Å². The van der Waals surface area contributed by atoms with Crippen LogP contribution in [0.3, 0.4) is 0 Å². The largest absolute Gasteiger partial charge is 0.472 e. The summed E-state index contributed by atoms with van der Waals surface area (Å²) in [6.07, 6.45) is 4.29. The molecule has 2 rings (SSSR count). The first-order chi connectivity index (χ1) is 8.25. The summed E-state index contributed by atoms with van der Waals surface area (Å²) in [5.41, 5.74) is 0.382. The maximum Gasteiger partial charge on any atom is 0.254 e. The monoisotopic (exact) mass is 251 g/mol. The minimum absolute atomic E-state index is 0.108. The smallest absolute Gasteiger partial charge is 0.254 e. The number of thiazole rings is 1. The second kappa shape index (κ2) is 5.26. The average Bonchev–Trinajstić information content (AvgIpc) is 2.97. The summed E-state index contributed by atoms with van der Waals surface area (Å²) in [6.45, 7) is -0.108. The number of nitrogens with one attached hydrogen (secondary N) is 2. The minimum atomic E-state index is -0.354. The molecule has 0 aliphatic heterocycles. The third-order valence-electron chi connectivity index (χ3n) is 1.87. The molecule has 2 aromatic rings. The minimum Gasteiger partial charge on any atom is -0.472 e. The van der Waals surface area contributed by atoms with E-state index in [4.69, 9.17) is 4.42 Å². The summed E-state index contributed by atoms with van der Waals surface area (Å²) >= 11 is 1.31. The number of amides is 2. The number of carbonyl (C=O) groups excluding carboxylic acids is 2. The summed E-state index contributed by atoms with van der Waals surface area (Å²) < 4.78 is 4.76. The van der Waals surface area contributed by atoms with Gasteiger partial charge in [0.2, 0.25) is 5.91 Å². The van der Waals surface area contributed by atoms with Gasteiger partial charge >= 0.3 is 0 Å². The zero-order valence-corrected chi connectivity index (χ0v) is 9.49. The first-order valence-electron chi connectivity index (χ1n) is 4.75. The van der Waals surface area contributed by atoms with Crippen molar-refractivity contribution in [3.63, 3.8) is 0 Å². The molecule has 2 amide bonds. The summed E-state index contributed by atoms with van der Waals surface area (Å²) in [6, 6.07) is 1.52. The predicted molar refractivity (Wildman–Crippen MR) is 61.8 cm³/mol. The van der Waals surface area contributed by atoms with E-state index in [1.807, 2.05) is 0 Å². The van der Waals surface area contributed by atoms with Gasteiger partial charge in [-0.05, 0) is 6.07 Å². The van der Waals surface area contributed by atoms with E-state index in [-0.39, 0.29) is 18.4 Å². The molecule has 6 nitrogen and oxygen atoms in total. The van der Waals surface area contributed by atoms with Crippen LogP contribution >= 0.6 is 11.3 Å². The van der Waals surface area contributed by atoms with Crippen LogP contribution in [0.25, 0.3) is 0 Å². The number of furan rings is 1. The predicted octanol–water partition coefficient (Wildman–Crippen LogP) is 1.10. The molecule has 0 fully saturated rings. The molecule has 0 unspecified atom stereocenters. The fraction of sp³-hybridized carbons (Fsp3) is 0.100. The lowest BCUT2D eigenvalue weighted by atomic mass is 10.3. The maximum atomic E-state index is 11.4. The lowest BCUT2D eigenvalue weighted by Crippen LogP contribution is -2.32. The standard InChI is InChI=1S/C10H9N3O3S/c14-8(13-10-11-2-4-17-10)5-12-9(15)7-1-3-16-6-7/h1-4,6H,5H2,(H,12,15)(H,11,13,14). The van der Waals surface area contributed by atoms with Crippen molar-refractivity contribution in [1.82, 2.24) is 10.3 Å². The van der Waals surface area contributed by atoms with E-state index in [1.165, 1.54) is 29.9 Å². The normalized spacial score (nSPS) is 9.88. The number of hydrogen-bond acceptors (Lipinski definition) is 5. The Morgan fingerprint density at radius 1 is 1.47 bits per heavy atom. The third kappa shape index (κ3) is 3.15. The maximum absolute atomic E-state index is 11.4. The lowest BCUT2D eigenvalue weighted by molar-refractivity contribution is -0.115. The summed E-state index contributed by atoms with van der Waals surface area (Å²) in [5.74, 6) is -0.676. The molecule has 7 heteroatoms. The highest BCUT2D eigenvalue weighted by Gasteiger charge is 2.09. The summed E-state index contributed by atoms with van der Waals surface area (Å²) in [7, 11) is 0. The van der Waals surface area contributed by atoms with Gasteiger partial charge in [0.05, 0.1) is 18.4 Å². The highest BCUT2D eigenvalue weighted by atomic mass is 32.1. The van der Waals surface area contributed by atoms with Gasteiger partial charge in [0.1, 0.15) is 6.26 Å². The topological polar surface area (TPSA) is 84.2 Å². The van der Waals surface area contributed by atoms with Crippen molar-refractivity contribution in [1.29, 1.82) is 0 Å². The molecular weight excluding hydrogens is 242 g/mol. The first-order valence-corrected chi connectivity index (χ1v) is 5.63. The Morgan fingerprint density at radius 3 is 3.00 bits per heavy atom. The Morgan fingerprint density at radius 2 is 2.35 bits per heavy atom. The van der Waals surface area contributed by atoms with Crippen molar-refractivity contribution in [3.8, 4) is 0 Å². The summed E-state index contributed by atoms with van der Waals surface area (Å²) in [4.78, 5) is 26.7. The molecule has 0 bridgehead atoms. The van der Waals surface area contributed by atoms with Crippen molar-refractivity contribution in [2.45, 2.75) is 0 Å². The Hall–Kier alpha value is -2.15. The van der Waals surface area contributed by atoms with Gasteiger partial charge in [-0.25, -0.2) is 4.98 Å². The molecule has 0 saturated heterocycles.